The summed E-state index contributed by atoms with van der Waals surface area (Å²) < 4.78 is 3.83. The summed E-state index contributed by atoms with van der Waals surface area (Å²) in [4.78, 5) is 1.13. The maximum Gasteiger partial charge on any atom is 0.0753 e. The smallest absolute Gasteiger partial charge is 0.0753 e. The molecule has 2 nitrogen and oxygen atoms in total. The number of hydrogen-bond donors (Lipinski definition) is 0. The lowest BCUT2D eigenvalue weighted by molar-refractivity contribution is 1.14. The Labute approximate surface area is 81.4 Å². The zero-order valence-electron chi connectivity index (χ0n) is 7.40. The fourth-order valence-corrected chi connectivity index (χ4v) is 1.72. The SMILES string of the molecule is CCc1ccc(-c2cnns2)cc1. The normalized spacial score (nSPS) is 10.2. The van der Waals surface area contributed by atoms with Crippen LogP contribution in [0.2, 0.25) is 0 Å². The molecule has 1 aromatic heterocycles. The van der Waals surface area contributed by atoms with Crippen LogP contribution in [0.4, 0.5) is 0 Å². The van der Waals surface area contributed by atoms with E-state index in [1.54, 1.807) is 6.20 Å². The molecule has 0 unspecified atom stereocenters. The lowest BCUT2D eigenvalue weighted by atomic mass is 10.1. The Balaban J connectivity index is 2.33. The van der Waals surface area contributed by atoms with Gasteiger partial charge >= 0.3 is 0 Å². The van der Waals surface area contributed by atoms with Gasteiger partial charge < -0.3 is 0 Å². The first-order valence-electron chi connectivity index (χ1n) is 4.27. The van der Waals surface area contributed by atoms with Crippen molar-refractivity contribution in [1.82, 2.24) is 9.59 Å². The van der Waals surface area contributed by atoms with Crippen molar-refractivity contribution in [2.75, 3.05) is 0 Å². The summed E-state index contributed by atoms with van der Waals surface area (Å²) in [6, 6.07) is 8.53. The molecule has 0 saturated heterocycles. The van der Waals surface area contributed by atoms with Crippen LogP contribution in [0.15, 0.2) is 30.5 Å². The Morgan fingerprint density at radius 3 is 2.54 bits per heavy atom. The van der Waals surface area contributed by atoms with Gasteiger partial charge in [0.2, 0.25) is 0 Å². The second-order valence-electron chi connectivity index (χ2n) is 2.83. The molecule has 0 amide bonds. The average Bonchev–Trinajstić information content (AvgIpc) is 2.71. The number of nitrogens with zero attached hydrogens (tertiary/aromatic N) is 2. The molecule has 0 bridgehead atoms. The van der Waals surface area contributed by atoms with Gasteiger partial charge in [0.1, 0.15) is 0 Å². The summed E-state index contributed by atoms with van der Waals surface area (Å²) in [7, 11) is 0. The summed E-state index contributed by atoms with van der Waals surface area (Å²) in [6.45, 7) is 2.16. The molecule has 1 heterocycles. The quantitative estimate of drug-likeness (QED) is 0.727. The van der Waals surface area contributed by atoms with Crippen LogP contribution >= 0.6 is 11.5 Å². The van der Waals surface area contributed by atoms with E-state index in [1.807, 2.05) is 0 Å². The summed E-state index contributed by atoms with van der Waals surface area (Å²) in [5.41, 5.74) is 2.56. The fourth-order valence-electron chi connectivity index (χ4n) is 1.20. The second-order valence-corrected chi connectivity index (χ2v) is 3.62. The third kappa shape index (κ3) is 1.75. The highest BCUT2D eigenvalue weighted by Crippen LogP contribution is 2.21. The standard InChI is InChI=1S/C10H10N2S/c1-2-8-3-5-9(6-4-8)10-7-11-12-13-10/h3-7H,2H2,1H3. The Hall–Kier alpha value is -1.22. The highest BCUT2D eigenvalue weighted by Gasteiger charge is 1.99. The Kier molecular flexibility index (Phi) is 2.36. The Bertz CT molecular complexity index is 364. The lowest BCUT2D eigenvalue weighted by Gasteiger charge is -1.97. The van der Waals surface area contributed by atoms with Crippen LogP contribution < -0.4 is 0 Å². The van der Waals surface area contributed by atoms with E-state index >= 15 is 0 Å². The first-order chi connectivity index (χ1) is 6.40. The molecule has 0 aliphatic rings. The van der Waals surface area contributed by atoms with E-state index in [9.17, 15) is 0 Å². The summed E-state index contributed by atoms with van der Waals surface area (Å²) in [5, 5.41) is 3.81. The van der Waals surface area contributed by atoms with Gasteiger partial charge in [0, 0.05) is 0 Å². The van der Waals surface area contributed by atoms with Gasteiger partial charge in [-0.2, -0.15) is 0 Å². The monoisotopic (exact) mass is 190 g/mol. The third-order valence-corrected chi connectivity index (χ3v) is 2.72. The van der Waals surface area contributed by atoms with Crippen molar-refractivity contribution in [3.63, 3.8) is 0 Å². The Morgan fingerprint density at radius 2 is 2.00 bits per heavy atom. The van der Waals surface area contributed by atoms with Crippen LogP contribution in [0.25, 0.3) is 10.4 Å². The van der Waals surface area contributed by atoms with Crippen molar-refractivity contribution < 1.29 is 0 Å². The van der Waals surface area contributed by atoms with Gasteiger partial charge in [0.05, 0.1) is 11.1 Å². The molecule has 1 aromatic carbocycles. The molecule has 2 aromatic rings. The largest absolute Gasteiger partial charge is 0.146 e. The lowest BCUT2D eigenvalue weighted by Crippen LogP contribution is -1.78. The number of benzene rings is 1. The minimum absolute atomic E-state index is 1.08. The van der Waals surface area contributed by atoms with Gasteiger partial charge in [-0.1, -0.05) is 35.7 Å². The minimum atomic E-state index is 1.08. The zero-order chi connectivity index (χ0) is 9.10. The van der Waals surface area contributed by atoms with Crippen LogP contribution in [-0.4, -0.2) is 9.59 Å². The molecule has 0 aliphatic carbocycles. The molecule has 0 atom stereocenters. The van der Waals surface area contributed by atoms with Gasteiger partial charge in [-0.05, 0) is 29.1 Å². The van der Waals surface area contributed by atoms with E-state index < -0.39 is 0 Å². The third-order valence-electron chi connectivity index (χ3n) is 2.01. The highest BCUT2D eigenvalue weighted by atomic mass is 32.1. The van der Waals surface area contributed by atoms with Crippen LogP contribution in [0.3, 0.4) is 0 Å². The van der Waals surface area contributed by atoms with Crippen molar-refractivity contribution in [2.45, 2.75) is 13.3 Å². The Morgan fingerprint density at radius 1 is 1.23 bits per heavy atom. The van der Waals surface area contributed by atoms with E-state index in [2.05, 4.69) is 40.8 Å². The maximum absolute atomic E-state index is 3.83. The molecule has 13 heavy (non-hydrogen) atoms. The van der Waals surface area contributed by atoms with Gasteiger partial charge in [-0.15, -0.1) is 5.10 Å². The van der Waals surface area contributed by atoms with Crippen LogP contribution in [0.1, 0.15) is 12.5 Å². The van der Waals surface area contributed by atoms with E-state index in [-0.39, 0.29) is 0 Å². The number of rotatable bonds is 2. The van der Waals surface area contributed by atoms with Crippen LogP contribution in [-0.2, 0) is 6.42 Å². The van der Waals surface area contributed by atoms with E-state index in [4.69, 9.17) is 0 Å². The zero-order valence-corrected chi connectivity index (χ0v) is 8.21. The molecular weight excluding hydrogens is 180 g/mol. The van der Waals surface area contributed by atoms with Crippen LogP contribution in [0.5, 0.6) is 0 Å². The number of aryl methyl sites for hydroxylation is 1. The van der Waals surface area contributed by atoms with Gasteiger partial charge in [0.15, 0.2) is 0 Å². The maximum atomic E-state index is 3.83. The first kappa shape index (κ1) is 8.38. The fraction of sp³-hybridized carbons (Fsp3) is 0.200. The van der Waals surface area contributed by atoms with E-state index in [1.165, 1.54) is 22.7 Å². The van der Waals surface area contributed by atoms with Crippen molar-refractivity contribution in [3.05, 3.63) is 36.0 Å². The predicted octanol–water partition coefficient (Wildman–Crippen LogP) is 2.77. The van der Waals surface area contributed by atoms with Crippen molar-refractivity contribution >= 4 is 11.5 Å². The summed E-state index contributed by atoms with van der Waals surface area (Å²) >= 11 is 1.43. The molecule has 0 spiro atoms. The predicted molar refractivity (Wildman–Crippen MR) is 54.7 cm³/mol. The molecule has 0 fully saturated rings. The minimum Gasteiger partial charge on any atom is -0.146 e. The summed E-state index contributed by atoms with van der Waals surface area (Å²) in [6.07, 6.45) is 2.88. The van der Waals surface area contributed by atoms with Crippen LogP contribution in [0, 0.1) is 0 Å². The van der Waals surface area contributed by atoms with Crippen molar-refractivity contribution in [3.8, 4) is 10.4 Å². The molecule has 3 heteroatoms. The number of aromatic nitrogens is 2. The molecule has 0 saturated carbocycles. The summed E-state index contributed by atoms with van der Waals surface area (Å²) in [5.74, 6) is 0. The van der Waals surface area contributed by atoms with E-state index in [0.29, 0.717) is 0 Å². The first-order valence-corrected chi connectivity index (χ1v) is 5.04. The molecule has 0 N–H and O–H groups in total. The number of hydrogen-bond acceptors (Lipinski definition) is 3. The van der Waals surface area contributed by atoms with E-state index in [0.717, 1.165) is 11.3 Å². The molecular formula is C10H10N2S. The van der Waals surface area contributed by atoms with Gasteiger partial charge in [-0.3, -0.25) is 0 Å². The average molecular weight is 190 g/mol. The second kappa shape index (κ2) is 3.66. The van der Waals surface area contributed by atoms with Gasteiger partial charge in [0.25, 0.3) is 0 Å². The van der Waals surface area contributed by atoms with Gasteiger partial charge in [-0.25, -0.2) is 0 Å². The molecule has 2 rings (SSSR count). The van der Waals surface area contributed by atoms with Crippen molar-refractivity contribution in [2.24, 2.45) is 0 Å². The molecule has 0 aliphatic heterocycles. The molecule has 66 valence electrons. The van der Waals surface area contributed by atoms with Crippen molar-refractivity contribution in [1.29, 1.82) is 0 Å². The highest BCUT2D eigenvalue weighted by molar-refractivity contribution is 7.09. The molecule has 0 radical (unpaired) electrons. The topological polar surface area (TPSA) is 25.8 Å².